The van der Waals surface area contributed by atoms with Gasteiger partial charge in [-0.25, -0.2) is 0 Å². The number of benzene rings is 1. The third-order valence-corrected chi connectivity index (χ3v) is 4.30. The first-order valence-corrected chi connectivity index (χ1v) is 8.38. The molecule has 128 valence electrons. The lowest BCUT2D eigenvalue weighted by Gasteiger charge is -2.20. The van der Waals surface area contributed by atoms with E-state index >= 15 is 0 Å². The van der Waals surface area contributed by atoms with Crippen LogP contribution in [0.2, 0.25) is 0 Å². The molecular weight excluding hydrogens is 324 g/mol. The van der Waals surface area contributed by atoms with Crippen molar-refractivity contribution >= 4 is 41.0 Å². The van der Waals surface area contributed by atoms with Crippen LogP contribution >= 0.6 is 12.6 Å². The van der Waals surface area contributed by atoms with E-state index in [1.54, 1.807) is 6.07 Å². The predicted molar refractivity (Wildman–Crippen MR) is 96.6 cm³/mol. The molecule has 0 aliphatic rings. The number of carbonyl (C=O) groups is 3. The van der Waals surface area contributed by atoms with Gasteiger partial charge >= 0.3 is 0 Å². The number of aromatic nitrogens is 1. The van der Waals surface area contributed by atoms with Gasteiger partial charge in [0.15, 0.2) is 5.78 Å². The number of rotatable bonds is 7. The first kappa shape index (κ1) is 18.3. The minimum absolute atomic E-state index is 0.0332. The molecule has 0 saturated heterocycles. The number of Topliss-reactive ketones (excluding diaryl/α,β-unsaturated/α-hetero) is 2. The molecule has 2 rings (SSSR count). The standard InChI is InChI=1S/C18H22N2O3S/c1-10(2)17(15(22)8-7-11(3)21)20-18(23)14-9-12-13(19-14)5-4-6-16(12)24/h4-6,9-10,17,19,24H,7-8H2,1-3H3,(H,20,23). The fourth-order valence-electron chi connectivity index (χ4n) is 2.55. The SMILES string of the molecule is CC(=O)CCC(=O)C(NC(=O)c1cc2c(S)cccc2[nH]1)C(C)C. The molecule has 1 amide bonds. The van der Waals surface area contributed by atoms with E-state index in [0.717, 1.165) is 15.8 Å². The van der Waals surface area contributed by atoms with Crippen molar-refractivity contribution in [2.75, 3.05) is 0 Å². The van der Waals surface area contributed by atoms with Crippen molar-refractivity contribution in [2.24, 2.45) is 5.92 Å². The minimum Gasteiger partial charge on any atom is -0.350 e. The fourth-order valence-corrected chi connectivity index (χ4v) is 2.83. The van der Waals surface area contributed by atoms with Crippen LogP contribution in [0.15, 0.2) is 29.2 Å². The Hall–Kier alpha value is -2.08. The van der Waals surface area contributed by atoms with Crippen molar-refractivity contribution in [3.05, 3.63) is 30.0 Å². The Balaban J connectivity index is 2.15. The van der Waals surface area contributed by atoms with Gasteiger partial charge in [-0.05, 0) is 31.0 Å². The highest BCUT2D eigenvalue weighted by Crippen LogP contribution is 2.22. The third kappa shape index (κ3) is 4.26. The van der Waals surface area contributed by atoms with Crippen LogP contribution in [0.25, 0.3) is 10.9 Å². The largest absolute Gasteiger partial charge is 0.350 e. The normalized spacial score (nSPS) is 12.4. The fraction of sp³-hybridized carbons (Fsp3) is 0.389. The first-order valence-electron chi connectivity index (χ1n) is 7.93. The summed E-state index contributed by atoms with van der Waals surface area (Å²) in [6.45, 7) is 5.19. The Bertz CT molecular complexity index is 780. The summed E-state index contributed by atoms with van der Waals surface area (Å²) < 4.78 is 0. The number of hydrogen-bond donors (Lipinski definition) is 3. The average Bonchev–Trinajstić information content (AvgIpc) is 2.95. The van der Waals surface area contributed by atoms with Gasteiger partial charge in [0.25, 0.3) is 5.91 Å². The number of fused-ring (bicyclic) bond motifs is 1. The Morgan fingerprint density at radius 2 is 1.92 bits per heavy atom. The van der Waals surface area contributed by atoms with E-state index in [1.165, 1.54) is 6.92 Å². The summed E-state index contributed by atoms with van der Waals surface area (Å²) >= 11 is 4.38. The lowest BCUT2D eigenvalue weighted by molar-refractivity contribution is -0.125. The maximum atomic E-state index is 12.5. The van der Waals surface area contributed by atoms with E-state index in [9.17, 15) is 14.4 Å². The first-order chi connectivity index (χ1) is 11.3. The molecule has 6 heteroatoms. The number of hydrogen-bond acceptors (Lipinski definition) is 4. The van der Waals surface area contributed by atoms with E-state index in [-0.39, 0.29) is 36.2 Å². The van der Waals surface area contributed by atoms with E-state index in [4.69, 9.17) is 0 Å². The predicted octanol–water partition coefficient (Wildman–Crippen LogP) is 3.15. The van der Waals surface area contributed by atoms with Crippen molar-refractivity contribution in [3.63, 3.8) is 0 Å². The molecule has 0 bridgehead atoms. The molecule has 2 N–H and O–H groups in total. The van der Waals surface area contributed by atoms with Crippen LogP contribution in [-0.4, -0.2) is 28.5 Å². The average molecular weight is 346 g/mol. The maximum Gasteiger partial charge on any atom is 0.268 e. The van der Waals surface area contributed by atoms with Crippen LogP contribution in [0, 0.1) is 5.92 Å². The summed E-state index contributed by atoms with van der Waals surface area (Å²) in [6.07, 6.45) is 0.347. The number of carbonyl (C=O) groups excluding carboxylic acids is 3. The quantitative estimate of drug-likeness (QED) is 0.674. The van der Waals surface area contributed by atoms with E-state index in [0.29, 0.717) is 5.69 Å². The summed E-state index contributed by atoms with van der Waals surface area (Å²) in [5.41, 5.74) is 1.20. The van der Waals surface area contributed by atoms with Gasteiger partial charge < -0.3 is 15.1 Å². The molecule has 0 saturated carbocycles. The van der Waals surface area contributed by atoms with Crippen LogP contribution in [0.3, 0.4) is 0 Å². The Kier molecular flexibility index (Phi) is 5.83. The molecule has 1 unspecified atom stereocenters. The lowest BCUT2D eigenvalue weighted by Crippen LogP contribution is -2.44. The van der Waals surface area contributed by atoms with Gasteiger partial charge in [-0.1, -0.05) is 19.9 Å². The zero-order valence-electron chi connectivity index (χ0n) is 14.1. The Morgan fingerprint density at radius 1 is 1.21 bits per heavy atom. The zero-order valence-corrected chi connectivity index (χ0v) is 14.9. The Morgan fingerprint density at radius 3 is 2.50 bits per heavy atom. The molecule has 5 nitrogen and oxygen atoms in total. The van der Waals surface area contributed by atoms with E-state index in [1.807, 2.05) is 32.0 Å². The Labute approximate surface area is 146 Å². The van der Waals surface area contributed by atoms with Crippen LogP contribution in [0.4, 0.5) is 0 Å². The molecule has 0 aliphatic heterocycles. The molecule has 1 atom stereocenters. The topological polar surface area (TPSA) is 79.0 Å². The van der Waals surface area contributed by atoms with Crippen LogP contribution in [-0.2, 0) is 9.59 Å². The van der Waals surface area contributed by atoms with Crippen LogP contribution in [0.1, 0.15) is 44.1 Å². The molecule has 2 aromatic rings. The van der Waals surface area contributed by atoms with Crippen molar-refractivity contribution in [1.29, 1.82) is 0 Å². The summed E-state index contributed by atoms with van der Waals surface area (Å²) in [4.78, 5) is 39.7. The van der Waals surface area contributed by atoms with Crippen molar-refractivity contribution in [2.45, 2.75) is 44.6 Å². The molecule has 0 spiro atoms. The van der Waals surface area contributed by atoms with Gasteiger partial charge in [0.1, 0.15) is 11.5 Å². The summed E-state index contributed by atoms with van der Waals surface area (Å²) in [6, 6.07) is 6.68. The number of ketones is 2. The number of amides is 1. The molecule has 0 aliphatic carbocycles. The molecule has 0 radical (unpaired) electrons. The number of aromatic amines is 1. The second-order valence-electron chi connectivity index (χ2n) is 6.28. The smallest absolute Gasteiger partial charge is 0.268 e. The second kappa shape index (κ2) is 7.66. The van der Waals surface area contributed by atoms with Crippen molar-refractivity contribution in [3.8, 4) is 0 Å². The highest BCUT2D eigenvalue weighted by molar-refractivity contribution is 7.80. The zero-order chi connectivity index (χ0) is 17.9. The van der Waals surface area contributed by atoms with Gasteiger partial charge in [-0.2, -0.15) is 0 Å². The highest BCUT2D eigenvalue weighted by atomic mass is 32.1. The second-order valence-corrected chi connectivity index (χ2v) is 6.77. The maximum absolute atomic E-state index is 12.5. The lowest BCUT2D eigenvalue weighted by atomic mass is 9.96. The van der Waals surface area contributed by atoms with Gasteiger partial charge in [0.05, 0.1) is 6.04 Å². The molecule has 1 aromatic carbocycles. The summed E-state index contributed by atoms with van der Waals surface area (Å²) in [5, 5.41) is 3.64. The molecular formula is C18H22N2O3S. The number of H-pyrrole nitrogens is 1. The molecule has 0 fully saturated rings. The number of nitrogens with one attached hydrogen (secondary N) is 2. The highest BCUT2D eigenvalue weighted by Gasteiger charge is 2.25. The van der Waals surface area contributed by atoms with E-state index in [2.05, 4.69) is 22.9 Å². The molecule has 24 heavy (non-hydrogen) atoms. The van der Waals surface area contributed by atoms with Crippen LogP contribution in [0.5, 0.6) is 0 Å². The number of thiol groups is 1. The van der Waals surface area contributed by atoms with Gasteiger partial charge in [-0.15, -0.1) is 12.6 Å². The monoisotopic (exact) mass is 346 g/mol. The van der Waals surface area contributed by atoms with Gasteiger partial charge in [-0.3, -0.25) is 9.59 Å². The van der Waals surface area contributed by atoms with Crippen LogP contribution < -0.4 is 5.32 Å². The molecule has 1 heterocycles. The van der Waals surface area contributed by atoms with Gasteiger partial charge in [0.2, 0.25) is 0 Å². The van der Waals surface area contributed by atoms with Crippen molar-refractivity contribution < 1.29 is 14.4 Å². The summed E-state index contributed by atoms with van der Waals surface area (Å²) in [7, 11) is 0. The summed E-state index contributed by atoms with van der Waals surface area (Å²) in [5.74, 6) is -0.555. The molecule has 1 aromatic heterocycles. The van der Waals surface area contributed by atoms with Gasteiger partial charge in [0, 0.05) is 28.6 Å². The van der Waals surface area contributed by atoms with Crippen molar-refractivity contribution in [1.82, 2.24) is 10.3 Å². The third-order valence-electron chi connectivity index (χ3n) is 3.91. The van der Waals surface area contributed by atoms with E-state index < -0.39 is 6.04 Å². The minimum atomic E-state index is -0.612.